The Balaban J connectivity index is 1.30. The predicted octanol–water partition coefficient (Wildman–Crippen LogP) is 12.0. The van der Waals surface area contributed by atoms with E-state index >= 15 is 0 Å². The van der Waals surface area contributed by atoms with Gasteiger partial charge in [0.1, 0.15) is 5.82 Å². The first-order valence-electron chi connectivity index (χ1n) is 19.7. The minimum atomic E-state index is -0.420. The molecular weight excluding hydrogens is 569 g/mol. The third-order valence-corrected chi connectivity index (χ3v) is 9.01. The molecule has 0 bridgehead atoms. The molecule has 0 aliphatic carbocycles. The highest BCUT2D eigenvalue weighted by molar-refractivity contribution is 6.23. The van der Waals surface area contributed by atoms with E-state index in [-0.39, 0.29) is 45.7 Å². The lowest BCUT2D eigenvalue weighted by molar-refractivity contribution is 0.908. The molecule has 0 aliphatic heterocycles. The number of nitrogens with zero attached hydrogens (tertiary/aromatic N) is 2. The molecular formula is C45H32N2. The highest BCUT2D eigenvalue weighted by Crippen LogP contribution is 2.45. The first kappa shape index (κ1) is 20.2. The Morgan fingerprint density at radius 1 is 0.532 bits per heavy atom. The molecule has 2 heteroatoms. The topological polar surface area (TPSA) is 17.8 Å². The molecule has 0 fully saturated rings. The summed E-state index contributed by atoms with van der Waals surface area (Å²) in [6.45, 7) is 2.09. The summed E-state index contributed by atoms with van der Waals surface area (Å²) in [5.74, 6) is 0.972. The Morgan fingerprint density at radius 2 is 1.09 bits per heavy atom. The summed E-state index contributed by atoms with van der Waals surface area (Å²) in [7, 11) is 0. The Bertz CT molecular complexity index is 2960. The van der Waals surface area contributed by atoms with Gasteiger partial charge in [-0.3, -0.25) is 4.57 Å². The van der Waals surface area contributed by atoms with Crippen molar-refractivity contribution in [2.45, 2.75) is 13.3 Å². The number of hydrogen-bond donors (Lipinski definition) is 0. The van der Waals surface area contributed by atoms with E-state index in [0.29, 0.717) is 22.3 Å². The van der Waals surface area contributed by atoms with Crippen LogP contribution in [0.15, 0.2) is 164 Å². The number of aromatic nitrogens is 2. The highest BCUT2D eigenvalue weighted by atomic mass is 15.1. The Hall–Kier alpha value is -5.99. The summed E-state index contributed by atoms with van der Waals surface area (Å²) in [4.78, 5) is 4.82. The van der Waals surface area contributed by atoms with Gasteiger partial charge in [-0.2, -0.15) is 0 Å². The van der Waals surface area contributed by atoms with Crippen LogP contribution in [0.2, 0.25) is 0 Å². The molecule has 0 unspecified atom stereocenters. The van der Waals surface area contributed by atoms with Crippen molar-refractivity contribution in [1.29, 1.82) is 0 Å². The monoisotopic (exact) mass is 608 g/mol. The maximum atomic E-state index is 9.28. The zero-order chi connectivity index (χ0) is 38.3. The van der Waals surface area contributed by atoms with Gasteiger partial charge in [-0.25, -0.2) is 4.98 Å². The van der Waals surface area contributed by atoms with Gasteiger partial charge < -0.3 is 0 Å². The second-order valence-electron chi connectivity index (χ2n) is 11.6. The number of imidazole rings is 1. The van der Waals surface area contributed by atoms with Gasteiger partial charge >= 0.3 is 0 Å². The smallest absolute Gasteiger partial charge is 0.114 e. The van der Waals surface area contributed by atoms with E-state index in [1.54, 1.807) is 0 Å². The molecule has 0 amide bonds. The third-order valence-electron chi connectivity index (χ3n) is 9.01. The standard InChI is InChI=1S/C45H32N2/c1-2-43-46-41-20-9-10-21-42(41)47(43)34-28-26-31(27-29-34)30-22-24-33(25-23-30)44-37-15-5-7-17-39(37)45(40-18-8-6-16-38(40)44)36-19-11-13-32-12-3-4-14-35(32)36/h3-29H,2H2,1H3/i5D,6D,7D,8D,15D,16D,17D,18D. The van der Waals surface area contributed by atoms with E-state index < -0.39 is 24.2 Å². The second kappa shape index (κ2) is 11.1. The molecule has 47 heavy (non-hydrogen) atoms. The summed E-state index contributed by atoms with van der Waals surface area (Å²) in [6.07, 6.45) is 0.781. The lowest BCUT2D eigenvalue weighted by Crippen LogP contribution is -1.99. The molecule has 0 saturated carbocycles. The summed E-state index contributed by atoms with van der Waals surface area (Å²) in [5.41, 5.74) is 6.70. The SMILES string of the molecule is [2H]c1c([2H])c([2H])c2c(-c3cccc4ccccc34)c3c([2H])c([2H])c([2H])c([2H])c3c(-c3ccc(-c4ccc(-n5c(CC)nc6ccccc65)cc4)cc3)c2c1[2H]. The minimum Gasteiger partial charge on any atom is -0.296 e. The maximum Gasteiger partial charge on any atom is 0.114 e. The lowest BCUT2D eigenvalue weighted by atomic mass is 9.84. The summed E-state index contributed by atoms with van der Waals surface area (Å²) in [5, 5.41) is 2.48. The second-order valence-corrected chi connectivity index (χ2v) is 11.6. The largest absolute Gasteiger partial charge is 0.296 e. The van der Waals surface area contributed by atoms with Crippen LogP contribution in [0.4, 0.5) is 0 Å². The van der Waals surface area contributed by atoms with Crippen molar-refractivity contribution in [2.75, 3.05) is 0 Å². The molecule has 8 aromatic carbocycles. The molecule has 222 valence electrons. The summed E-state index contributed by atoms with van der Waals surface area (Å²) in [6, 6.07) is 34.4. The maximum absolute atomic E-state index is 9.28. The Labute approximate surface area is 285 Å². The lowest BCUT2D eigenvalue weighted by Gasteiger charge is -2.19. The van der Waals surface area contributed by atoms with Crippen molar-refractivity contribution in [2.24, 2.45) is 0 Å². The molecule has 1 heterocycles. The molecule has 1 aromatic heterocycles. The molecule has 0 N–H and O–H groups in total. The average Bonchev–Trinajstić information content (AvgIpc) is 3.61. The number of fused-ring (bicyclic) bond motifs is 4. The zero-order valence-corrected chi connectivity index (χ0v) is 25.6. The van der Waals surface area contributed by atoms with E-state index in [9.17, 15) is 5.48 Å². The van der Waals surface area contributed by atoms with E-state index in [4.69, 9.17) is 10.5 Å². The van der Waals surface area contributed by atoms with E-state index in [0.717, 1.165) is 50.9 Å². The number of hydrogen-bond acceptors (Lipinski definition) is 1. The fraction of sp³-hybridized carbons (Fsp3) is 0.0444. The van der Waals surface area contributed by atoms with E-state index in [1.165, 1.54) is 0 Å². The molecule has 0 saturated heterocycles. The van der Waals surface area contributed by atoms with Gasteiger partial charge in [0.2, 0.25) is 0 Å². The quantitative estimate of drug-likeness (QED) is 0.178. The van der Waals surface area contributed by atoms with Crippen LogP contribution in [0.1, 0.15) is 23.7 Å². The first-order valence-corrected chi connectivity index (χ1v) is 15.7. The molecule has 2 nitrogen and oxygen atoms in total. The van der Waals surface area contributed by atoms with Crippen LogP contribution in [0.3, 0.4) is 0 Å². The fourth-order valence-corrected chi connectivity index (χ4v) is 6.86. The van der Waals surface area contributed by atoms with Gasteiger partial charge in [0.05, 0.1) is 22.0 Å². The molecule has 9 aromatic rings. The van der Waals surface area contributed by atoms with Gasteiger partial charge in [0, 0.05) is 12.1 Å². The fourth-order valence-electron chi connectivity index (χ4n) is 6.86. The number of rotatable bonds is 5. The van der Waals surface area contributed by atoms with Crippen LogP contribution in [-0.4, -0.2) is 9.55 Å². The van der Waals surface area contributed by atoms with Crippen molar-refractivity contribution in [3.05, 3.63) is 169 Å². The Kier molecular flexibility index (Phi) is 4.78. The molecule has 0 radical (unpaired) electrons. The normalized spacial score (nSPS) is 14.0. The summed E-state index contributed by atoms with van der Waals surface area (Å²) >= 11 is 0. The number of benzene rings is 8. The third kappa shape index (κ3) is 4.45. The predicted molar refractivity (Wildman–Crippen MR) is 199 cm³/mol. The van der Waals surface area contributed by atoms with Gasteiger partial charge in [0.25, 0.3) is 0 Å². The molecule has 0 spiro atoms. The van der Waals surface area contributed by atoms with Crippen LogP contribution < -0.4 is 0 Å². The van der Waals surface area contributed by atoms with Crippen molar-refractivity contribution >= 4 is 43.4 Å². The van der Waals surface area contributed by atoms with Gasteiger partial charge in [-0.1, -0.05) is 146 Å². The summed E-state index contributed by atoms with van der Waals surface area (Å²) < 4.78 is 74.3. The van der Waals surface area contributed by atoms with Gasteiger partial charge in [0.15, 0.2) is 0 Å². The molecule has 0 atom stereocenters. The molecule has 9 rings (SSSR count). The highest BCUT2D eigenvalue weighted by Gasteiger charge is 2.18. The average molecular weight is 609 g/mol. The first-order chi connectivity index (χ1) is 26.6. The minimum absolute atomic E-state index is 0.197. The van der Waals surface area contributed by atoms with Crippen molar-refractivity contribution in [3.8, 4) is 39.1 Å². The molecule has 0 aliphatic rings. The van der Waals surface area contributed by atoms with Crippen LogP contribution in [0.5, 0.6) is 0 Å². The van der Waals surface area contributed by atoms with Crippen LogP contribution >= 0.6 is 0 Å². The van der Waals surface area contributed by atoms with Gasteiger partial charge in [-0.15, -0.1) is 0 Å². The number of para-hydroxylation sites is 2. The van der Waals surface area contributed by atoms with E-state index in [2.05, 4.69) is 41.8 Å². The number of aryl methyl sites for hydroxylation is 1. The van der Waals surface area contributed by atoms with Gasteiger partial charge in [-0.05, 0) is 90.0 Å². The van der Waals surface area contributed by atoms with Crippen molar-refractivity contribution in [1.82, 2.24) is 9.55 Å². The van der Waals surface area contributed by atoms with Crippen LogP contribution in [0.25, 0.3) is 82.4 Å². The van der Waals surface area contributed by atoms with Crippen LogP contribution in [-0.2, 0) is 6.42 Å². The van der Waals surface area contributed by atoms with Crippen molar-refractivity contribution in [3.63, 3.8) is 0 Å². The zero-order valence-electron chi connectivity index (χ0n) is 33.6. The Morgan fingerprint density at radius 3 is 1.77 bits per heavy atom. The van der Waals surface area contributed by atoms with E-state index in [1.807, 2.05) is 84.9 Å². The van der Waals surface area contributed by atoms with Crippen LogP contribution in [0, 0.1) is 0 Å². The van der Waals surface area contributed by atoms with Crippen molar-refractivity contribution < 1.29 is 11.0 Å².